The van der Waals surface area contributed by atoms with Gasteiger partial charge < -0.3 is 16.1 Å². The molecule has 48 heavy (non-hydrogen) atoms. The molecular formula is C37H38Cl2N8S. The molecule has 0 radical (unpaired) electrons. The van der Waals surface area contributed by atoms with Crippen LogP contribution < -0.4 is 21.6 Å². The zero-order chi connectivity index (χ0) is 33.6. The number of hydrogen-bond acceptors (Lipinski definition) is 9. The molecule has 7 rings (SSSR count). The highest BCUT2D eigenvalue weighted by Crippen LogP contribution is 2.38. The number of benzene rings is 3. The van der Waals surface area contributed by atoms with Crippen molar-refractivity contribution in [2.24, 2.45) is 0 Å². The number of rotatable bonds is 7. The van der Waals surface area contributed by atoms with E-state index in [2.05, 4.69) is 99.2 Å². The lowest BCUT2D eigenvalue weighted by atomic mass is 9.97. The number of hydrogen-bond donors (Lipinski definition) is 4. The number of hydrazine groups is 2. The second-order valence-electron chi connectivity index (χ2n) is 13.5. The number of pyridine rings is 1. The zero-order valence-corrected chi connectivity index (χ0v) is 29.7. The average molecular weight is 698 g/mol. The number of halogens is 2. The first-order valence-electron chi connectivity index (χ1n) is 16.1. The minimum Gasteiger partial charge on any atom is -0.373 e. The highest BCUT2D eigenvalue weighted by atomic mass is 35.5. The first-order valence-corrected chi connectivity index (χ1v) is 17.8. The molecule has 1 atom stereocenters. The molecule has 1 saturated heterocycles. The molecule has 2 aromatic heterocycles. The summed E-state index contributed by atoms with van der Waals surface area (Å²) in [5.41, 5.74) is 13.4. The van der Waals surface area contributed by atoms with Gasteiger partial charge in [0.2, 0.25) is 0 Å². The molecule has 2 aliphatic rings. The normalized spacial score (nSPS) is 16.5. The Bertz CT molecular complexity index is 2070. The molecule has 0 amide bonds. The fraction of sp³-hybridized carbons (Fsp3) is 0.297. The van der Waals surface area contributed by atoms with Crippen molar-refractivity contribution in [1.29, 1.82) is 5.26 Å². The van der Waals surface area contributed by atoms with Crippen molar-refractivity contribution in [1.82, 2.24) is 25.9 Å². The Labute approximate surface area is 295 Å². The van der Waals surface area contributed by atoms with Crippen LogP contribution in [-0.2, 0) is 0 Å². The van der Waals surface area contributed by atoms with Gasteiger partial charge in [-0.05, 0) is 105 Å². The Morgan fingerprint density at radius 1 is 1.02 bits per heavy atom. The molecule has 1 fully saturated rings. The molecule has 8 nitrogen and oxygen atoms in total. The van der Waals surface area contributed by atoms with Crippen molar-refractivity contribution in [3.05, 3.63) is 105 Å². The predicted octanol–water partition coefficient (Wildman–Crippen LogP) is 9.26. The minimum atomic E-state index is -0.227. The number of nitrogens with zero attached hydrogens (tertiary/aromatic N) is 4. The van der Waals surface area contributed by atoms with Gasteiger partial charge in [-0.25, -0.2) is 0 Å². The summed E-state index contributed by atoms with van der Waals surface area (Å²) in [6.45, 7) is 10.9. The van der Waals surface area contributed by atoms with E-state index in [1.807, 2.05) is 37.3 Å². The van der Waals surface area contributed by atoms with Gasteiger partial charge in [0.15, 0.2) is 0 Å². The number of thiophene rings is 1. The monoisotopic (exact) mass is 696 g/mol. The van der Waals surface area contributed by atoms with E-state index in [1.54, 1.807) is 17.5 Å². The number of aromatic nitrogens is 1. The number of fused-ring (bicyclic) bond motifs is 2. The smallest absolute Gasteiger partial charge is 0.103 e. The summed E-state index contributed by atoms with van der Waals surface area (Å²) < 4.78 is 1.24. The molecule has 0 unspecified atom stereocenters. The summed E-state index contributed by atoms with van der Waals surface area (Å²) in [4.78, 5) is 7.12. The van der Waals surface area contributed by atoms with Crippen LogP contribution >= 0.6 is 34.5 Å². The first-order chi connectivity index (χ1) is 23.1. The lowest BCUT2D eigenvalue weighted by Gasteiger charge is -2.42. The van der Waals surface area contributed by atoms with Crippen molar-refractivity contribution >= 4 is 72.6 Å². The van der Waals surface area contributed by atoms with Gasteiger partial charge >= 0.3 is 0 Å². The number of piperidine rings is 1. The summed E-state index contributed by atoms with van der Waals surface area (Å²) in [6, 6.07) is 20.8. The largest absolute Gasteiger partial charge is 0.373 e. The van der Waals surface area contributed by atoms with E-state index in [-0.39, 0.29) is 11.6 Å². The quantitative estimate of drug-likeness (QED) is 0.134. The van der Waals surface area contributed by atoms with Gasteiger partial charge in [0.1, 0.15) is 6.07 Å². The molecule has 0 bridgehead atoms. The summed E-state index contributed by atoms with van der Waals surface area (Å²) in [5.74, 6) is 0. The maximum absolute atomic E-state index is 10.1. The highest BCUT2D eigenvalue weighted by molar-refractivity contribution is 7.17. The number of anilines is 3. The molecule has 11 heteroatoms. The van der Waals surface area contributed by atoms with E-state index in [0.29, 0.717) is 32.9 Å². The zero-order valence-electron chi connectivity index (χ0n) is 27.4. The van der Waals surface area contributed by atoms with E-state index < -0.39 is 0 Å². The molecular weight excluding hydrogens is 659 g/mol. The van der Waals surface area contributed by atoms with Crippen molar-refractivity contribution < 1.29 is 0 Å². The van der Waals surface area contributed by atoms with Gasteiger partial charge in [0.25, 0.3) is 0 Å². The standard InChI is InChI=1S/C37H38Cl2N8S/c1-22-5-7-26(17-30(22)38)42-34-25(19-40)20-41-36-29(34)16-27(18-31(36)39)43-35(24-6-8-33-23(15-24)11-14-48-33)32-21-47(45-44-32)28-9-12-46(13-10-28)37(2,3)4/h5-8,11,14-18,20-21,28,35,43-45H,9-10,12-13H2,1-4H3,(H,41,42)/t35-/m0/s1. The summed E-state index contributed by atoms with van der Waals surface area (Å²) >= 11 is 15.1. The fourth-order valence-electron chi connectivity index (χ4n) is 6.55. The van der Waals surface area contributed by atoms with E-state index in [0.717, 1.165) is 59.5 Å². The topological polar surface area (TPSA) is 91.3 Å². The molecule has 2 aliphatic heterocycles. The number of nitriles is 1. The molecule has 3 aromatic carbocycles. The van der Waals surface area contributed by atoms with Gasteiger partial charge in [-0.3, -0.25) is 14.9 Å². The third kappa shape index (κ3) is 6.51. The number of nitrogens with one attached hydrogen (secondary N) is 4. The maximum Gasteiger partial charge on any atom is 0.103 e. The van der Waals surface area contributed by atoms with Crippen LogP contribution in [0.15, 0.2) is 78.1 Å². The van der Waals surface area contributed by atoms with Gasteiger partial charge in [-0.2, -0.15) is 5.26 Å². The second-order valence-corrected chi connectivity index (χ2v) is 15.3. The molecule has 0 saturated carbocycles. The Balaban J connectivity index is 1.25. The molecule has 5 aromatic rings. The van der Waals surface area contributed by atoms with E-state index in [9.17, 15) is 5.26 Å². The Kier molecular flexibility index (Phi) is 8.88. The second kappa shape index (κ2) is 13.1. The summed E-state index contributed by atoms with van der Waals surface area (Å²) in [7, 11) is 0. The fourth-order valence-corrected chi connectivity index (χ4v) is 7.77. The van der Waals surface area contributed by atoms with Crippen LogP contribution in [0.1, 0.15) is 56.3 Å². The molecule has 246 valence electrons. The Morgan fingerprint density at radius 2 is 1.81 bits per heavy atom. The van der Waals surface area contributed by atoms with Crippen molar-refractivity contribution in [3.8, 4) is 6.07 Å². The number of likely N-dealkylation sites (tertiary alicyclic amines) is 1. The number of aryl methyl sites for hydroxylation is 1. The highest BCUT2D eigenvalue weighted by Gasteiger charge is 2.32. The molecule has 0 aliphatic carbocycles. The van der Waals surface area contributed by atoms with Gasteiger partial charge in [-0.1, -0.05) is 35.3 Å². The summed E-state index contributed by atoms with van der Waals surface area (Å²) in [5, 5.41) is 24.6. The van der Waals surface area contributed by atoms with Gasteiger partial charge in [0.05, 0.1) is 33.5 Å². The Morgan fingerprint density at radius 3 is 2.56 bits per heavy atom. The van der Waals surface area contributed by atoms with Crippen molar-refractivity contribution in [2.75, 3.05) is 23.7 Å². The maximum atomic E-state index is 10.1. The molecule has 4 heterocycles. The van der Waals surface area contributed by atoms with Crippen LogP contribution in [0, 0.1) is 18.3 Å². The van der Waals surface area contributed by atoms with Gasteiger partial charge in [-0.15, -0.1) is 16.9 Å². The lowest BCUT2D eigenvalue weighted by Crippen LogP contribution is -2.52. The van der Waals surface area contributed by atoms with Crippen LogP contribution in [0.3, 0.4) is 0 Å². The van der Waals surface area contributed by atoms with Gasteiger partial charge in [0, 0.05) is 63.6 Å². The summed E-state index contributed by atoms with van der Waals surface area (Å²) in [6.07, 6.45) is 5.90. The van der Waals surface area contributed by atoms with E-state index >= 15 is 0 Å². The van der Waals surface area contributed by atoms with E-state index in [1.165, 1.54) is 10.1 Å². The average Bonchev–Trinajstić information content (AvgIpc) is 3.75. The first kappa shape index (κ1) is 32.5. The molecule has 4 N–H and O–H groups in total. The SMILES string of the molecule is Cc1ccc(Nc2c(C#N)cnc3c(Cl)cc(N[C@H](C4=CN(C5CCN(C(C)(C)C)CC5)NN4)c4ccc5sccc5c4)cc23)cc1Cl. The van der Waals surface area contributed by atoms with Crippen LogP contribution in [0.5, 0.6) is 0 Å². The minimum absolute atomic E-state index is 0.172. The Hall–Kier alpha value is -4.04. The van der Waals surface area contributed by atoms with Crippen LogP contribution in [0.25, 0.3) is 21.0 Å². The predicted molar refractivity (Wildman–Crippen MR) is 200 cm³/mol. The van der Waals surface area contributed by atoms with Crippen LogP contribution in [-0.4, -0.2) is 39.6 Å². The third-order valence-electron chi connectivity index (χ3n) is 9.33. The van der Waals surface area contributed by atoms with Crippen molar-refractivity contribution in [3.63, 3.8) is 0 Å². The third-order valence-corrected chi connectivity index (χ3v) is 10.9. The van der Waals surface area contributed by atoms with Crippen LogP contribution in [0.4, 0.5) is 17.1 Å². The van der Waals surface area contributed by atoms with Crippen LogP contribution in [0.2, 0.25) is 10.0 Å². The molecule has 0 spiro atoms. The van der Waals surface area contributed by atoms with E-state index in [4.69, 9.17) is 23.2 Å². The lowest BCUT2D eigenvalue weighted by molar-refractivity contribution is 0.0570. The van der Waals surface area contributed by atoms with Crippen molar-refractivity contribution in [2.45, 2.75) is 58.2 Å².